The third-order valence-corrected chi connectivity index (χ3v) is 8.99. The number of allylic oxidation sites excluding steroid dienone is 3. The van der Waals surface area contributed by atoms with Crippen LogP contribution >= 0.6 is 0 Å². The predicted molar refractivity (Wildman–Crippen MR) is 141 cm³/mol. The Morgan fingerprint density at radius 1 is 1.19 bits per heavy atom. The number of rotatable bonds is 13. The summed E-state index contributed by atoms with van der Waals surface area (Å²) < 4.78 is 36.6. The van der Waals surface area contributed by atoms with Crippen LogP contribution in [-0.2, 0) is 14.6 Å². The van der Waals surface area contributed by atoms with Crippen molar-refractivity contribution < 1.29 is 27.8 Å². The van der Waals surface area contributed by atoms with Crippen molar-refractivity contribution in [2.75, 3.05) is 38.6 Å². The molecule has 0 saturated carbocycles. The van der Waals surface area contributed by atoms with Gasteiger partial charge in [0.2, 0.25) is 5.91 Å². The molecular weight excluding hydrogens is 480 g/mol. The Labute approximate surface area is 215 Å². The number of carbonyl (C=O) groups is 1. The van der Waals surface area contributed by atoms with Crippen molar-refractivity contribution >= 4 is 15.7 Å². The van der Waals surface area contributed by atoms with E-state index < -0.39 is 22.0 Å². The largest absolute Gasteiger partial charge is 0.486 e. The van der Waals surface area contributed by atoms with Gasteiger partial charge in [0.25, 0.3) is 0 Å². The Balaban J connectivity index is 1.59. The summed E-state index contributed by atoms with van der Waals surface area (Å²) in [4.78, 5) is 15.5. The third-order valence-electron chi connectivity index (χ3n) is 6.80. The normalized spacial score (nSPS) is 18.3. The number of nitrogens with zero attached hydrogens (tertiary/aromatic N) is 1. The molecule has 0 bridgehead atoms. The highest BCUT2D eigenvalue weighted by Crippen LogP contribution is 2.33. The zero-order chi connectivity index (χ0) is 26.1. The van der Waals surface area contributed by atoms with Gasteiger partial charge in [-0.05, 0) is 75.4 Å². The third kappa shape index (κ3) is 7.57. The number of unbranched alkanes of at least 4 members (excludes halogenated alkanes) is 1. The number of hydrogen-bond donors (Lipinski definition) is 2. The van der Waals surface area contributed by atoms with Crippen molar-refractivity contribution in [2.24, 2.45) is 0 Å². The summed E-state index contributed by atoms with van der Waals surface area (Å²) in [5.41, 5.74) is 1.33. The Hall–Kier alpha value is -2.36. The standard InChI is InChI=1S/C27H40N2O6S/c1-4-20(3)25(5-2)36(32,33)17-9-6-10-26(30)28-22(19-29-13-7-8-14-29)27(31)21-11-12-23-24(18-21)35-16-15-34-23/h4,11-12,18,22,27,31H,1,5-10,13-17,19H2,2-3H3,(H,28,30)/b25-20-/t22-,27-/m1/s1. The lowest BCUT2D eigenvalue weighted by atomic mass is 10.0. The molecule has 9 heteroatoms. The molecule has 2 N–H and O–H groups in total. The Kier molecular flexibility index (Phi) is 10.4. The number of nitrogens with one attached hydrogen (secondary N) is 1. The molecule has 1 amide bonds. The first kappa shape index (κ1) is 28.2. The predicted octanol–water partition coefficient (Wildman–Crippen LogP) is 3.53. The van der Waals surface area contributed by atoms with E-state index in [0.717, 1.165) is 25.9 Å². The second kappa shape index (κ2) is 13.3. The van der Waals surface area contributed by atoms with Gasteiger partial charge in [0.15, 0.2) is 21.3 Å². The minimum Gasteiger partial charge on any atom is -0.486 e. The van der Waals surface area contributed by atoms with Crippen LogP contribution in [0.2, 0.25) is 0 Å². The number of fused-ring (bicyclic) bond motifs is 1. The molecule has 2 aliphatic rings. The van der Waals surface area contributed by atoms with Gasteiger partial charge < -0.3 is 24.8 Å². The van der Waals surface area contributed by atoms with Crippen molar-refractivity contribution in [3.8, 4) is 11.5 Å². The monoisotopic (exact) mass is 520 g/mol. The lowest BCUT2D eigenvalue weighted by Crippen LogP contribution is -2.46. The topological polar surface area (TPSA) is 105 Å². The number of hydrogen-bond acceptors (Lipinski definition) is 7. The first-order valence-corrected chi connectivity index (χ1v) is 14.5. The molecule has 1 aromatic carbocycles. The summed E-state index contributed by atoms with van der Waals surface area (Å²) in [6.45, 7) is 10.6. The van der Waals surface area contributed by atoms with E-state index in [2.05, 4.69) is 16.8 Å². The second-order valence-electron chi connectivity index (χ2n) is 9.47. The zero-order valence-electron chi connectivity index (χ0n) is 21.5. The van der Waals surface area contributed by atoms with Crippen LogP contribution in [0.3, 0.4) is 0 Å². The number of carbonyl (C=O) groups excluding carboxylic acids is 1. The van der Waals surface area contributed by atoms with Crippen LogP contribution in [0.1, 0.15) is 64.0 Å². The van der Waals surface area contributed by atoms with Gasteiger partial charge in [-0.3, -0.25) is 4.79 Å². The molecule has 0 aromatic heterocycles. The van der Waals surface area contributed by atoms with Crippen LogP contribution in [0.4, 0.5) is 0 Å². The van der Waals surface area contributed by atoms with E-state index in [4.69, 9.17) is 9.47 Å². The SMILES string of the molecule is C=C/C(C)=C(/CC)S(=O)(=O)CCCCC(=O)N[C@H](CN1CCCC1)[C@H](O)c1ccc2c(c1)OCCO2. The van der Waals surface area contributed by atoms with Gasteiger partial charge in [-0.1, -0.05) is 25.6 Å². The highest BCUT2D eigenvalue weighted by molar-refractivity contribution is 7.95. The maximum Gasteiger partial charge on any atom is 0.220 e. The lowest BCUT2D eigenvalue weighted by Gasteiger charge is -2.29. The number of aliphatic hydroxyl groups excluding tert-OH is 1. The molecule has 0 unspecified atom stereocenters. The molecule has 2 atom stereocenters. The first-order valence-electron chi connectivity index (χ1n) is 12.9. The Morgan fingerprint density at radius 3 is 2.56 bits per heavy atom. The fourth-order valence-corrected chi connectivity index (χ4v) is 6.63. The van der Waals surface area contributed by atoms with Gasteiger partial charge in [-0.15, -0.1) is 0 Å². The first-order chi connectivity index (χ1) is 17.2. The minimum atomic E-state index is -3.37. The zero-order valence-corrected chi connectivity index (χ0v) is 22.3. The molecule has 0 radical (unpaired) electrons. The van der Waals surface area contributed by atoms with E-state index in [1.54, 1.807) is 31.2 Å². The smallest absolute Gasteiger partial charge is 0.220 e. The average Bonchev–Trinajstić information content (AvgIpc) is 3.38. The molecule has 2 aliphatic heterocycles. The number of amides is 1. The Morgan fingerprint density at radius 2 is 1.89 bits per heavy atom. The molecular formula is C27H40N2O6S. The molecule has 3 rings (SSSR count). The van der Waals surface area contributed by atoms with Gasteiger partial charge >= 0.3 is 0 Å². The Bertz CT molecular complexity index is 1050. The quantitative estimate of drug-likeness (QED) is 0.303. The van der Waals surface area contributed by atoms with Gasteiger partial charge in [0.1, 0.15) is 19.3 Å². The van der Waals surface area contributed by atoms with Crippen molar-refractivity contribution in [3.63, 3.8) is 0 Å². The number of ether oxygens (including phenoxy) is 2. The number of aliphatic hydroxyl groups is 1. The summed E-state index contributed by atoms with van der Waals surface area (Å²) in [6, 6.07) is 4.87. The van der Waals surface area contributed by atoms with E-state index in [-0.39, 0.29) is 18.1 Å². The van der Waals surface area contributed by atoms with Crippen molar-refractivity contribution in [3.05, 3.63) is 46.9 Å². The van der Waals surface area contributed by atoms with E-state index in [1.165, 1.54) is 0 Å². The van der Waals surface area contributed by atoms with Crippen LogP contribution in [-0.4, -0.2) is 69.0 Å². The van der Waals surface area contributed by atoms with E-state index in [9.17, 15) is 18.3 Å². The van der Waals surface area contributed by atoms with E-state index in [1.807, 2.05) is 6.92 Å². The van der Waals surface area contributed by atoms with Crippen LogP contribution in [0.5, 0.6) is 11.5 Å². The molecule has 36 heavy (non-hydrogen) atoms. The molecule has 8 nitrogen and oxygen atoms in total. The van der Waals surface area contributed by atoms with Crippen LogP contribution in [0, 0.1) is 0 Å². The van der Waals surface area contributed by atoms with Gasteiger partial charge in [-0.2, -0.15) is 0 Å². The summed E-state index contributed by atoms with van der Waals surface area (Å²) in [5.74, 6) is 1.06. The molecule has 200 valence electrons. The van der Waals surface area contributed by atoms with E-state index in [0.29, 0.717) is 66.6 Å². The fraction of sp³-hybridized carbons (Fsp3) is 0.593. The highest BCUT2D eigenvalue weighted by Gasteiger charge is 2.28. The van der Waals surface area contributed by atoms with Crippen LogP contribution in [0.25, 0.3) is 0 Å². The van der Waals surface area contributed by atoms with Crippen LogP contribution in [0.15, 0.2) is 41.3 Å². The lowest BCUT2D eigenvalue weighted by molar-refractivity contribution is -0.123. The molecule has 2 heterocycles. The number of benzene rings is 1. The van der Waals surface area contributed by atoms with Crippen molar-refractivity contribution in [1.82, 2.24) is 10.2 Å². The molecule has 1 saturated heterocycles. The highest BCUT2D eigenvalue weighted by atomic mass is 32.2. The number of sulfone groups is 1. The van der Waals surface area contributed by atoms with Crippen LogP contribution < -0.4 is 14.8 Å². The van der Waals surface area contributed by atoms with E-state index >= 15 is 0 Å². The summed E-state index contributed by atoms with van der Waals surface area (Å²) in [6.07, 6.45) is 4.34. The van der Waals surface area contributed by atoms with Gasteiger partial charge in [-0.25, -0.2) is 8.42 Å². The summed E-state index contributed by atoms with van der Waals surface area (Å²) in [7, 11) is -3.37. The maximum absolute atomic E-state index is 12.8. The minimum absolute atomic E-state index is 0.00562. The maximum atomic E-state index is 12.8. The molecule has 1 fully saturated rings. The summed E-state index contributed by atoms with van der Waals surface area (Å²) >= 11 is 0. The van der Waals surface area contributed by atoms with Crippen molar-refractivity contribution in [2.45, 2.75) is 64.5 Å². The number of likely N-dealkylation sites (tertiary alicyclic amines) is 1. The fourth-order valence-electron chi connectivity index (χ4n) is 4.78. The van der Waals surface area contributed by atoms with Gasteiger partial charge in [0, 0.05) is 17.9 Å². The molecule has 1 aromatic rings. The molecule has 0 spiro atoms. The second-order valence-corrected chi connectivity index (χ2v) is 11.6. The average molecular weight is 521 g/mol. The van der Waals surface area contributed by atoms with Crippen molar-refractivity contribution in [1.29, 1.82) is 0 Å². The summed E-state index contributed by atoms with van der Waals surface area (Å²) in [5, 5.41) is 14.2. The molecule has 0 aliphatic carbocycles. The van der Waals surface area contributed by atoms with Gasteiger partial charge in [0.05, 0.1) is 11.8 Å².